The van der Waals surface area contributed by atoms with Crippen molar-refractivity contribution in [3.63, 3.8) is 0 Å². The molecule has 0 amide bonds. The smallest absolute Gasteiger partial charge is 0.252 e. The minimum atomic E-state index is -0.731. The molecule has 0 atom stereocenters. The van der Waals surface area contributed by atoms with Crippen molar-refractivity contribution in [3.8, 4) is 5.88 Å². The number of aromatic nitrogens is 2. The highest BCUT2D eigenvalue weighted by Gasteiger charge is 2.14. The second-order valence-corrected chi connectivity index (χ2v) is 4.06. The van der Waals surface area contributed by atoms with Gasteiger partial charge in [-0.1, -0.05) is 17.2 Å². The van der Waals surface area contributed by atoms with Crippen molar-refractivity contribution in [1.29, 1.82) is 0 Å². The molecule has 0 spiro atoms. The Labute approximate surface area is 113 Å². The Bertz CT molecular complexity index is 600. The van der Waals surface area contributed by atoms with Gasteiger partial charge in [-0.25, -0.2) is 4.39 Å². The summed E-state index contributed by atoms with van der Waals surface area (Å²) < 4.78 is 18.2. The van der Waals surface area contributed by atoms with Crippen LogP contribution in [-0.2, 0) is 13.3 Å². The van der Waals surface area contributed by atoms with E-state index in [4.69, 9.17) is 21.5 Å². The standard InChI is InChI=1S/C12H10ClFN2O3/c13-12(17)9-3-1-2-8(6-14)10(9)7-19-11-4-5-16(18)15-11/h1-5,18H,6-7H2. The van der Waals surface area contributed by atoms with Crippen molar-refractivity contribution in [3.05, 3.63) is 47.2 Å². The molecule has 2 aromatic rings. The van der Waals surface area contributed by atoms with Gasteiger partial charge in [-0.3, -0.25) is 4.79 Å². The Balaban J connectivity index is 2.25. The van der Waals surface area contributed by atoms with Crippen molar-refractivity contribution in [2.24, 2.45) is 0 Å². The predicted octanol–water partition coefficient (Wildman–Crippen LogP) is 2.55. The number of hydrogen-bond donors (Lipinski definition) is 1. The Morgan fingerprint density at radius 1 is 1.47 bits per heavy atom. The zero-order valence-electron chi connectivity index (χ0n) is 9.72. The molecule has 5 nitrogen and oxygen atoms in total. The molecular formula is C12H10ClFN2O3. The van der Waals surface area contributed by atoms with Crippen molar-refractivity contribution in [2.75, 3.05) is 0 Å². The maximum Gasteiger partial charge on any atom is 0.252 e. The quantitative estimate of drug-likeness (QED) is 0.677. The maximum atomic E-state index is 12.9. The summed E-state index contributed by atoms with van der Waals surface area (Å²) in [7, 11) is 0. The van der Waals surface area contributed by atoms with Crippen LogP contribution in [0, 0.1) is 0 Å². The van der Waals surface area contributed by atoms with E-state index in [1.54, 1.807) is 12.1 Å². The number of carbonyl (C=O) groups excluding carboxylic acids is 1. The van der Waals surface area contributed by atoms with E-state index in [-0.39, 0.29) is 18.1 Å². The molecule has 7 heteroatoms. The van der Waals surface area contributed by atoms with E-state index in [9.17, 15) is 9.18 Å². The van der Waals surface area contributed by atoms with E-state index < -0.39 is 11.9 Å². The van der Waals surface area contributed by atoms with E-state index >= 15 is 0 Å². The zero-order chi connectivity index (χ0) is 13.8. The van der Waals surface area contributed by atoms with Gasteiger partial charge in [-0.15, -0.1) is 4.85 Å². The van der Waals surface area contributed by atoms with Crippen LogP contribution in [0.5, 0.6) is 5.88 Å². The van der Waals surface area contributed by atoms with Gasteiger partial charge in [-0.2, -0.15) is 0 Å². The van der Waals surface area contributed by atoms with Crippen LogP contribution in [0.4, 0.5) is 4.39 Å². The molecule has 1 N–H and O–H groups in total. The summed E-state index contributed by atoms with van der Waals surface area (Å²) in [6.45, 7) is -0.796. The van der Waals surface area contributed by atoms with Crippen LogP contribution in [0.1, 0.15) is 21.5 Å². The average molecular weight is 285 g/mol. The topological polar surface area (TPSA) is 64.3 Å². The van der Waals surface area contributed by atoms with Gasteiger partial charge in [0, 0.05) is 17.2 Å². The first kappa shape index (κ1) is 13.4. The van der Waals surface area contributed by atoms with E-state index in [1.165, 1.54) is 18.3 Å². The molecule has 0 fully saturated rings. The van der Waals surface area contributed by atoms with Gasteiger partial charge >= 0.3 is 0 Å². The first-order valence-electron chi connectivity index (χ1n) is 5.36. The van der Waals surface area contributed by atoms with Crippen LogP contribution in [-0.4, -0.2) is 20.4 Å². The monoisotopic (exact) mass is 284 g/mol. The van der Waals surface area contributed by atoms with Gasteiger partial charge in [0.15, 0.2) is 0 Å². The molecule has 0 radical (unpaired) electrons. The van der Waals surface area contributed by atoms with E-state index in [1.807, 2.05) is 0 Å². The second-order valence-electron chi connectivity index (χ2n) is 3.71. The molecule has 19 heavy (non-hydrogen) atoms. The number of benzene rings is 1. The van der Waals surface area contributed by atoms with Crippen molar-refractivity contribution in [1.82, 2.24) is 9.94 Å². The highest BCUT2D eigenvalue weighted by atomic mass is 35.5. The van der Waals surface area contributed by atoms with Crippen LogP contribution in [0.3, 0.4) is 0 Å². The normalized spacial score (nSPS) is 10.4. The summed E-state index contributed by atoms with van der Waals surface area (Å²) in [6.07, 6.45) is 1.28. The molecule has 0 aliphatic rings. The Hall–Kier alpha value is -2.08. The molecule has 0 saturated carbocycles. The highest BCUT2D eigenvalue weighted by Crippen LogP contribution is 2.20. The SMILES string of the molecule is O=C(Cl)c1cccc(CF)c1COc1ccn(O)n1. The highest BCUT2D eigenvalue weighted by molar-refractivity contribution is 6.67. The molecule has 0 aliphatic carbocycles. The van der Waals surface area contributed by atoms with Gasteiger partial charge in [0.05, 0.1) is 6.20 Å². The van der Waals surface area contributed by atoms with Gasteiger partial charge in [0.25, 0.3) is 5.24 Å². The molecule has 0 aliphatic heterocycles. The fraction of sp³-hybridized carbons (Fsp3) is 0.167. The van der Waals surface area contributed by atoms with Crippen molar-refractivity contribution in [2.45, 2.75) is 13.3 Å². The molecule has 2 rings (SSSR count). The number of ether oxygens (including phenoxy) is 1. The Kier molecular flexibility index (Phi) is 4.01. The maximum absolute atomic E-state index is 12.9. The second kappa shape index (κ2) is 5.71. The lowest BCUT2D eigenvalue weighted by atomic mass is 10.0. The number of hydrogen-bond acceptors (Lipinski definition) is 4. The van der Waals surface area contributed by atoms with Crippen molar-refractivity contribution >= 4 is 16.8 Å². The number of nitrogens with zero attached hydrogens (tertiary/aromatic N) is 2. The fourth-order valence-electron chi connectivity index (χ4n) is 1.64. The lowest BCUT2D eigenvalue weighted by molar-refractivity contribution is 0.107. The average Bonchev–Trinajstić information content (AvgIpc) is 2.81. The summed E-state index contributed by atoms with van der Waals surface area (Å²) in [5.74, 6) is 0.157. The van der Waals surface area contributed by atoms with Crippen LogP contribution in [0.15, 0.2) is 30.5 Å². The molecule has 1 aromatic carbocycles. The summed E-state index contributed by atoms with van der Waals surface area (Å²) in [6, 6.07) is 6.03. The third kappa shape index (κ3) is 3.03. The van der Waals surface area contributed by atoms with Gasteiger partial charge in [-0.05, 0) is 23.2 Å². The van der Waals surface area contributed by atoms with Crippen molar-refractivity contribution < 1.29 is 19.1 Å². The summed E-state index contributed by atoms with van der Waals surface area (Å²) >= 11 is 5.45. The molecular weight excluding hydrogens is 275 g/mol. The van der Waals surface area contributed by atoms with Crippen LogP contribution in [0.25, 0.3) is 0 Å². The molecule has 0 unspecified atom stereocenters. The molecule has 100 valence electrons. The summed E-state index contributed by atoms with van der Waals surface area (Å²) in [4.78, 5) is 11.9. The van der Waals surface area contributed by atoms with Gasteiger partial charge in [0.1, 0.15) is 13.3 Å². The number of alkyl halides is 1. The number of halogens is 2. The van der Waals surface area contributed by atoms with Crippen LogP contribution < -0.4 is 4.74 Å². The Morgan fingerprint density at radius 2 is 2.26 bits per heavy atom. The first-order valence-corrected chi connectivity index (χ1v) is 5.74. The summed E-state index contributed by atoms with van der Waals surface area (Å²) in [5, 5.41) is 11.9. The lowest BCUT2D eigenvalue weighted by Gasteiger charge is -2.10. The van der Waals surface area contributed by atoms with Crippen LogP contribution >= 0.6 is 11.6 Å². The zero-order valence-corrected chi connectivity index (χ0v) is 10.5. The number of carbonyl (C=O) groups is 1. The minimum absolute atomic E-state index is 0.0646. The van der Waals surface area contributed by atoms with E-state index in [0.29, 0.717) is 16.0 Å². The van der Waals surface area contributed by atoms with E-state index in [2.05, 4.69) is 5.10 Å². The van der Waals surface area contributed by atoms with E-state index in [0.717, 1.165) is 0 Å². The fourth-order valence-corrected chi connectivity index (χ4v) is 1.81. The predicted molar refractivity (Wildman–Crippen MR) is 65.2 cm³/mol. The number of rotatable bonds is 5. The lowest BCUT2D eigenvalue weighted by Crippen LogP contribution is -2.06. The molecule has 1 aromatic heterocycles. The minimum Gasteiger partial charge on any atom is -0.472 e. The first-order chi connectivity index (χ1) is 9.11. The summed E-state index contributed by atoms with van der Waals surface area (Å²) in [5.41, 5.74) is 0.896. The largest absolute Gasteiger partial charge is 0.472 e. The van der Waals surface area contributed by atoms with Gasteiger partial charge in [0.2, 0.25) is 5.88 Å². The molecule has 0 saturated heterocycles. The third-order valence-electron chi connectivity index (χ3n) is 2.54. The Morgan fingerprint density at radius 3 is 2.84 bits per heavy atom. The third-order valence-corrected chi connectivity index (χ3v) is 2.75. The van der Waals surface area contributed by atoms with Crippen LogP contribution in [0.2, 0.25) is 0 Å². The molecule has 1 heterocycles. The van der Waals surface area contributed by atoms with Gasteiger partial charge < -0.3 is 9.94 Å². The molecule has 0 bridgehead atoms.